The number of ether oxygens (including phenoxy) is 3. The van der Waals surface area contributed by atoms with Crippen molar-refractivity contribution < 1.29 is 23.7 Å². The van der Waals surface area contributed by atoms with Crippen molar-refractivity contribution in [2.45, 2.75) is 39.8 Å². The maximum atomic E-state index is 5.49. The Bertz CT molecular complexity index is 138. The topological polar surface area (TPSA) is 46.2 Å². The van der Waals surface area contributed by atoms with Gasteiger partial charge in [-0.25, -0.2) is 4.89 Å². The second-order valence-electron chi connectivity index (χ2n) is 2.81. The smallest absolute Gasteiger partial charge is 0.313 e. The van der Waals surface area contributed by atoms with E-state index in [2.05, 4.69) is 0 Å². The Balaban J connectivity index is 4.57. The monoisotopic (exact) mass is 238 g/mol. The summed E-state index contributed by atoms with van der Waals surface area (Å²) in [5.74, 6) is -1.16. The lowest BCUT2D eigenvalue weighted by molar-refractivity contribution is -0.443. The lowest BCUT2D eigenvalue weighted by Gasteiger charge is -2.35. The molecule has 0 saturated heterocycles. The summed E-state index contributed by atoms with van der Waals surface area (Å²) >= 11 is 0. The molecular weight excluding hydrogens is 216 g/mol. The third-order valence-electron chi connectivity index (χ3n) is 1.78. The molecule has 0 bridgehead atoms. The van der Waals surface area contributed by atoms with Gasteiger partial charge < -0.3 is 14.2 Å². The molecule has 0 amide bonds. The zero-order valence-corrected chi connectivity index (χ0v) is 12.2. The Morgan fingerprint density at radius 3 is 1.67 bits per heavy atom. The molecule has 0 fully saturated rings. The quantitative estimate of drug-likeness (QED) is 0.251. The highest BCUT2D eigenvalue weighted by atomic mass is 28.2. The zero-order valence-electron chi connectivity index (χ0n) is 10.2. The third kappa shape index (κ3) is 4.58. The van der Waals surface area contributed by atoms with Crippen LogP contribution in [0.1, 0.15) is 27.7 Å². The second-order valence-corrected chi connectivity index (χ2v) is 3.14. The molecule has 0 rings (SSSR count). The van der Waals surface area contributed by atoms with E-state index in [1.54, 1.807) is 6.92 Å². The van der Waals surface area contributed by atoms with Crippen molar-refractivity contribution in [3.05, 3.63) is 0 Å². The van der Waals surface area contributed by atoms with Gasteiger partial charge in [-0.05, 0) is 27.7 Å². The van der Waals surface area contributed by atoms with E-state index in [1.807, 2.05) is 20.8 Å². The first-order valence-corrected chi connectivity index (χ1v) is 6.09. The first-order chi connectivity index (χ1) is 7.16. The molecule has 0 radical (unpaired) electrons. The lowest BCUT2D eigenvalue weighted by atomic mass is 10.3. The van der Waals surface area contributed by atoms with Crippen LogP contribution in [0.25, 0.3) is 0 Å². The zero-order chi connectivity index (χ0) is 11.7. The molecule has 5 nitrogen and oxygen atoms in total. The lowest BCUT2D eigenvalue weighted by Crippen LogP contribution is -2.50. The SMILES string of the molecule is CCOC(OCC)(OCC)C(C)OO[SiH3]. The van der Waals surface area contributed by atoms with Crippen LogP contribution in [-0.2, 0) is 23.7 Å². The van der Waals surface area contributed by atoms with Crippen molar-refractivity contribution in [3.63, 3.8) is 0 Å². The van der Waals surface area contributed by atoms with Crippen molar-refractivity contribution in [2.75, 3.05) is 19.8 Å². The van der Waals surface area contributed by atoms with E-state index in [9.17, 15) is 0 Å². The average Bonchev–Trinajstić information content (AvgIpc) is 2.19. The van der Waals surface area contributed by atoms with Gasteiger partial charge in [0.05, 0.1) is 0 Å². The van der Waals surface area contributed by atoms with Crippen LogP contribution in [0.4, 0.5) is 0 Å². The van der Waals surface area contributed by atoms with Gasteiger partial charge in [0.1, 0.15) is 0 Å². The van der Waals surface area contributed by atoms with E-state index in [0.29, 0.717) is 30.3 Å². The first-order valence-electron chi connectivity index (χ1n) is 5.28. The molecule has 0 spiro atoms. The molecule has 0 saturated carbocycles. The molecule has 0 aliphatic heterocycles. The molecule has 0 aromatic heterocycles. The van der Waals surface area contributed by atoms with Crippen molar-refractivity contribution in [1.29, 1.82) is 0 Å². The van der Waals surface area contributed by atoms with E-state index >= 15 is 0 Å². The first kappa shape index (κ1) is 15.0. The van der Waals surface area contributed by atoms with E-state index in [1.165, 1.54) is 0 Å². The summed E-state index contributed by atoms with van der Waals surface area (Å²) in [5, 5.41) is 0. The van der Waals surface area contributed by atoms with Gasteiger partial charge in [0.25, 0.3) is 0 Å². The molecule has 1 atom stereocenters. The van der Waals surface area contributed by atoms with Crippen LogP contribution in [0.15, 0.2) is 0 Å². The van der Waals surface area contributed by atoms with Crippen molar-refractivity contribution in [3.8, 4) is 0 Å². The van der Waals surface area contributed by atoms with Crippen LogP contribution >= 0.6 is 0 Å². The average molecular weight is 238 g/mol. The summed E-state index contributed by atoms with van der Waals surface area (Å²) < 4.78 is 21.2. The third-order valence-corrected chi connectivity index (χ3v) is 1.97. The van der Waals surface area contributed by atoms with Crippen molar-refractivity contribution >= 4 is 10.5 Å². The van der Waals surface area contributed by atoms with Crippen molar-refractivity contribution in [2.24, 2.45) is 0 Å². The maximum Gasteiger partial charge on any atom is 0.313 e. The van der Waals surface area contributed by atoms with Gasteiger partial charge in [0.15, 0.2) is 16.6 Å². The molecule has 0 aromatic carbocycles. The van der Waals surface area contributed by atoms with E-state index in [4.69, 9.17) is 23.7 Å². The van der Waals surface area contributed by atoms with E-state index in [0.717, 1.165) is 0 Å². The van der Waals surface area contributed by atoms with Gasteiger partial charge in [0, 0.05) is 19.8 Å². The van der Waals surface area contributed by atoms with E-state index in [-0.39, 0.29) is 0 Å². The second kappa shape index (κ2) is 8.20. The predicted molar refractivity (Wildman–Crippen MR) is 59.2 cm³/mol. The normalized spacial score (nSPS) is 14.4. The highest BCUT2D eigenvalue weighted by Gasteiger charge is 2.41. The predicted octanol–water partition coefficient (Wildman–Crippen LogP) is 0.367. The highest BCUT2D eigenvalue weighted by Crippen LogP contribution is 2.23. The Morgan fingerprint density at radius 2 is 1.40 bits per heavy atom. The van der Waals surface area contributed by atoms with Gasteiger partial charge in [-0.3, -0.25) is 4.58 Å². The molecule has 0 N–H and O–H groups in total. The summed E-state index contributed by atoms with van der Waals surface area (Å²) in [6.45, 7) is 8.86. The van der Waals surface area contributed by atoms with Crippen LogP contribution in [0.2, 0.25) is 0 Å². The molecule has 0 aromatic rings. The summed E-state index contributed by atoms with van der Waals surface area (Å²) in [4.78, 5) is 5.05. The molecule has 0 heterocycles. The minimum atomic E-state index is -1.16. The molecule has 0 aliphatic rings. The Hall–Kier alpha value is 0.0169. The Kier molecular flexibility index (Phi) is 8.21. The fourth-order valence-electron chi connectivity index (χ4n) is 1.28. The molecule has 15 heavy (non-hydrogen) atoms. The van der Waals surface area contributed by atoms with Crippen molar-refractivity contribution in [1.82, 2.24) is 0 Å². The minimum Gasteiger partial charge on any atom is -0.326 e. The number of hydrogen-bond acceptors (Lipinski definition) is 5. The molecular formula is C9H22O5Si. The summed E-state index contributed by atoms with van der Waals surface area (Å²) in [5.41, 5.74) is 0. The van der Waals surface area contributed by atoms with Crippen LogP contribution in [0, 0.1) is 0 Å². The minimum absolute atomic E-state index is 0.435. The summed E-state index contributed by atoms with van der Waals surface area (Å²) in [6.07, 6.45) is -0.435. The largest absolute Gasteiger partial charge is 0.326 e. The summed E-state index contributed by atoms with van der Waals surface area (Å²) in [7, 11) is 0.494. The maximum absolute atomic E-state index is 5.49. The van der Waals surface area contributed by atoms with Gasteiger partial charge in [-0.1, -0.05) is 0 Å². The van der Waals surface area contributed by atoms with Crippen LogP contribution < -0.4 is 0 Å². The molecule has 0 aliphatic carbocycles. The Labute approximate surface area is 94.5 Å². The van der Waals surface area contributed by atoms with Crippen LogP contribution in [-0.4, -0.2) is 42.4 Å². The number of rotatable bonds is 9. The summed E-state index contributed by atoms with van der Waals surface area (Å²) in [6, 6.07) is 0. The fourth-order valence-corrected chi connectivity index (χ4v) is 1.57. The molecule has 92 valence electrons. The molecule has 1 unspecified atom stereocenters. The fraction of sp³-hybridized carbons (Fsp3) is 1.00. The van der Waals surface area contributed by atoms with Gasteiger partial charge in [0.2, 0.25) is 0 Å². The van der Waals surface area contributed by atoms with Crippen LogP contribution in [0.3, 0.4) is 0 Å². The van der Waals surface area contributed by atoms with Gasteiger partial charge >= 0.3 is 5.97 Å². The van der Waals surface area contributed by atoms with E-state index < -0.39 is 12.1 Å². The van der Waals surface area contributed by atoms with Crippen LogP contribution in [0.5, 0.6) is 0 Å². The Morgan fingerprint density at radius 1 is 1.00 bits per heavy atom. The molecule has 6 heteroatoms. The highest BCUT2D eigenvalue weighted by molar-refractivity contribution is 5.97. The van der Waals surface area contributed by atoms with Gasteiger partial charge in [-0.15, -0.1) is 0 Å². The standard InChI is InChI=1S/C9H22O5Si/c1-5-10-9(11-6-2,12-7-3)8(4)13-14-15/h8H,5-7H2,1-4,15H3. The number of hydrogen-bond donors (Lipinski definition) is 0. The van der Waals surface area contributed by atoms with Gasteiger partial charge in [-0.2, -0.15) is 0 Å².